The fraction of sp³-hybridized carbons (Fsp3) is 0.125. The van der Waals surface area contributed by atoms with Crippen molar-refractivity contribution in [2.45, 2.75) is 13.0 Å². The van der Waals surface area contributed by atoms with Crippen LogP contribution < -0.4 is 0 Å². The Morgan fingerprint density at radius 3 is 2.25 bits per heavy atom. The predicted molar refractivity (Wildman–Crippen MR) is 84.0 cm³/mol. The van der Waals surface area contributed by atoms with Gasteiger partial charge in [0.2, 0.25) is 0 Å². The topological polar surface area (TPSA) is 29.4 Å². The summed E-state index contributed by atoms with van der Waals surface area (Å²) in [6, 6.07) is 16.1. The van der Waals surface area contributed by atoms with Crippen LogP contribution in [0.15, 0.2) is 59.6 Å². The van der Waals surface area contributed by atoms with Crippen LogP contribution in [0.4, 0.5) is 0 Å². The Kier molecular flexibility index (Phi) is 5.13. The van der Waals surface area contributed by atoms with E-state index in [1.54, 1.807) is 31.2 Å². The van der Waals surface area contributed by atoms with Gasteiger partial charge in [0, 0.05) is 0 Å². The van der Waals surface area contributed by atoms with Gasteiger partial charge in [0.05, 0.1) is 0 Å². The molecule has 0 saturated heterocycles. The molecule has 101 valence electrons. The monoisotopic (exact) mass is 350 g/mol. The minimum absolute atomic E-state index is 0.0228. The number of hydrogen-bond acceptors (Lipinski definition) is 2. The van der Waals surface area contributed by atoms with E-state index in [-0.39, 0.29) is 5.78 Å². The van der Waals surface area contributed by atoms with Gasteiger partial charge in [-0.15, -0.1) is 0 Å². The SMILES string of the molecule is CC(N=C([Se])c1ccccc1)C(=O)c1ccc(Cl)cc1. The van der Waals surface area contributed by atoms with Crippen molar-refractivity contribution in [3.8, 4) is 0 Å². The van der Waals surface area contributed by atoms with Gasteiger partial charge in [0.25, 0.3) is 0 Å². The third-order valence-electron chi connectivity index (χ3n) is 2.84. The summed E-state index contributed by atoms with van der Waals surface area (Å²) >= 11 is 8.73. The molecule has 20 heavy (non-hydrogen) atoms. The van der Waals surface area contributed by atoms with Gasteiger partial charge in [0.1, 0.15) is 0 Å². The maximum atomic E-state index is 12.3. The van der Waals surface area contributed by atoms with E-state index in [1.165, 1.54) is 0 Å². The van der Waals surface area contributed by atoms with Crippen molar-refractivity contribution < 1.29 is 4.79 Å². The molecule has 0 N–H and O–H groups in total. The average Bonchev–Trinajstić information content (AvgIpc) is 2.48. The van der Waals surface area contributed by atoms with Crippen molar-refractivity contribution >= 4 is 38.0 Å². The van der Waals surface area contributed by atoms with E-state index >= 15 is 0 Å². The first-order chi connectivity index (χ1) is 9.58. The molecule has 0 spiro atoms. The number of nitrogens with zero attached hydrogens (tertiary/aromatic N) is 1. The summed E-state index contributed by atoms with van der Waals surface area (Å²) in [6.45, 7) is 1.79. The van der Waals surface area contributed by atoms with Crippen molar-refractivity contribution in [3.63, 3.8) is 0 Å². The van der Waals surface area contributed by atoms with Crippen LogP contribution in [0, 0.1) is 0 Å². The van der Waals surface area contributed by atoms with Crippen molar-refractivity contribution in [2.24, 2.45) is 4.99 Å². The predicted octanol–water partition coefficient (Wildman–Crippen LogP) is 3.53. The third-order valence-corrected chi connectivity index (χ3v) is 3.81. The standard InChI is InChI=1S/C16H13ClNOSe/c1-11(15(19)12-7-9-14(17)10-8-12)18-16(20)13-5-3-2-4-6-13/h2-11H,1H3. The quantitative estimate of drug-likeness (QED) is 0.472. The molecular formula is C16H13ClNOSe. The summed E-state index contributed by atoms with van der Waals surface area (Å²) in [4.78, 5) is 16.7. The number of ketones is 1. The van der Waals surface area contributed by atoms with Crippen LogP contribution in [-0.4, -0.2) is 32.4 Å². The summed E-state index contributed by atoms with van der Waals surface area (Å²) in [7, 11) is 0. The summed E-state index contributed by atoms with van der Waals surface area (Å²) < 4.78 is 0.736. The zero-order valence-corrected chi connectivity index (χ0v) is 13.4. The van der Waals surface area contributed by atoms with E-state index in [0.29, 0.717) is 10.6 Å². The molecule has 1 atom stereocenters. The van der Waals surface area contributed by atoms with Crippen LogP contribution in [0.5, 0.6) is 0 Å². The van der Waals surface area contributed by atoms with Gasteiger partial charge in [-0.1, -0.05) is 0 Å². The maximum absolute atomic E-state index is 12.3. The van der Waals surface area contributed by atoms with Crippen molar-refractivity contribution in [3.05, 3.63) is 70.7 Å². The average molecular weight is 350 g/mol. The first-order valence-corrected chi connectivity index (χ1v) is 7.41. The van der Waals surface area contributed by atoms with Crippen LogP contribution >= 0.6 is 11.6 Å². The molecular weight excluding hydrogens is 337 g/mol. The zero-order chi connectivity index (χ0) is 14.5. The number of carbonyl (C=O) groups is 1. The van der Waals surface area contributed by atoms with Crippen molar-refractivity contribution in [2.75, 3.05) is 0 Å². The van der Waals surface area contributed by atoms with Gasteiger partial charge >= 0.3 is 132 Å². The van der Waals surface area contributed by atoms with Gasteiger partial charge in [-0.05, 0) is 0 Å². The van der Waals surface area contributed by atoms with E-state index in [9.17, 15) is 4.79 Å². The van der Waals surface area contributed by atoms with E-state index in [2.05, 4.69) is 21.0 Å². The molecule has 0 aliphatic heterocycles. The van der Waals surface area contributed by atoms with Crippen LogP contribution in [-0.2, 0) is 0 Å². The van der Waals surface area contributed by atoms with Gasteiger partial charge in [-0.2, -0.15) is 0 Å². The molecule has 2 aromatic rings. The fourth-order valence-electron chi connectivity index (χ4n) is 1.75. The molecule has 2 nitrogen and oxygen atoms in total. The third kappa shape index (κ3) is 3.80. The molecule has 0 amide bonds. The molecule has 2 rings (SSSR count). The van der Waals surface area contributed by atoms with Gasteiger partial charge in [0.15, 0.2) is 0 Å². The number of carbonyl (C=O) groups excluding carboxylic acids is 1. The van der Waals surface area contributed by atoms with Crippen LogP contribution in [0.3, 0.4) is 0 Å². The number of rotatable bonds is 4. The molecule has 1 radical (unpaired) electrons. The Bertz CT molecular complexity index is 623. The van der Waals surface area contributed by atoms with Gasteiger partial charge in [-0.25, -0.2) is 0 Å². The normalized spacial score (nSPS) is 13.0. The van der Waals surface area contributed by atoms with Crippen molar-refractivity contribution in [1.29, 1.82) is 0 Å². The molecule has 0 heterocycles. The first-order valence-electron chi connectivity index (χ1n) is 6.18. The van der Waals surface area contributed by atoms with Crippen LogP contribution in [0.2, 0.25) is 5.02 Å². The summed E-state index contributed by atoms with van der Waals surface area (Å²) in [5.41, 5.74) is 1.59. The number of aliphatic imine (C=N–C) groups is 1. The summed E-state index contributed by atoms with van der Waals surface area (Å²) in [6.07, 6.45) is 0. The number of Topliss-reactive ketones (excluding diaryl/α,β-unsaturated/α-hetero) is 1. The van der Waals surface area contributed by atoms with Crippen LogP contribution in [0.25, 0.3) is 0 Å². The molecule has 1 unspecified atom stereocenters. The Morgan fingerprint density at radius 2 is 1.65 bits per heavy atom. The first kappa shape index (κ1) is 15.0. The molecule has 0 bridgehead atoms. The second-order valence-corrected chi connectivity index (χ2v) is 5.60. The minimum atomic E-state index is -0.437. The molecule has 4 heteroatoms. The molecule has 0 aromatic heterocycles. The second kappa shape index (κ2) is 6.85. The van der Waals surface area contributed by atoms with Gasteiger partial charge in [-0.3, -0.25) is 0 Å². The summed E-state index contributed by atoms with van der Waals surface area (Å²) in [5.74, 6) is -0.0228. The molecule has 0 saturated carbocycles. The van der Waals surface area contributed by atoms with E-state index in [0.717, 1.165) is 10.2 Å². The van der Waals surface area contributed by atoms with Crippen molar-refractivity contribution in [1.82, 2.24) is 0 Å². The number of benzene rings is 2. The Balaban J connectivity index is 2.17. The Morgan fingerprint density at radius 1 is 1.05 bits per heavy atom. The molecule has 0 aliphatic carbocycles. The molecule has 2 aromatic carbocycles. The summed E-state index contributed by atoms with van der Waals surface area (Å²) in [5, 5.41) is 0.617. The van der Waals surface area contributed by atoms with E-state index in [4.69, 9.17) is 11.6 Å². The molecule has 0 aliphatic rings. The van der Waals surface area contributed by atoms with Gasteiger partial charge < -0.3 is 0 Å². The van der Waals surface area contributed by atoms with E-state index in [1.807, 2.05) is 30.3 Å². The number of halogens is 1. The Labute approximate surface area is 131 Å². The second-order valence-electron chi connectivity index (χ2n) is 4.35. The van der Waals surface area contributed by atoms with Crippen LogP contribution in [0.1, 0.15) is 22.8 Å². The zero-order valence-electron chi connectivity index (χ0n) is 10.9. The van der Waals surface area contributed by atoms with E-state index < -0.39 is 6.04 Å². The Hall–Kier alpha value is -1.41. The number of hydrogen-bond donors (Lipinski definition) is 0. The molecule has 0 fully saturated rings. The fourth-order valence-corrected chi connectivity index (χ4v) is 2.49.